The molecule has 3 aromatic heterocycles. The number of piperidine rings is 1. The fraction of sp³-hybridized carbons (Fsp3) is 0.419. The van der Waals surface area contributed by atoms with Crippen molar-refractivity contribution in [2.24, 2.45) is 5.41 Å². The Bertz CT molecular complexity index is 1780. The van der Waals surface area contributed by atoms with E-state index in [2.05, 4.69) is 45.9 Å². The van der Waals surface area contributed by atoms with Gasteiger partial charge >= 0.3 is 0 Å². The summed E-state index contributed by atoms with van der Waals surface area (Å²) in [4.78, 5) is 32.3. The highest BCUT2D eigenvalue weighted by atomic mass is 16.3. The number of fused-ring (bicyclic) bond motifs is 4. The van der Waals surface area contributed by atoms with Crippen LogP contribution in [0.1, 0.15) is 44.4 Å². The number of anilines is 3. The second-order valence-electron chi connectivity index (χ2n) is 12.0. The molecule has 1 aromatic carbocycles. The third-order valence-electron chi connectivity index (χ3n) is 9.66. The van der Waals surface area contributed by atoms with Crippen LogP contribution in [0.15, 0.2) is 60.0 Å². The van der Waals surface area contributed by atoms with Crippen molar-refractivity contribution in [3.8, 4) is 5.82 Å². The van der Waals surface area contributed by atoms with E-state index >= 15 is 0 Å². The van der Waals surface area contributed by atoms with E-state index < -0.39 is 11.5 Å². The number of hydrogen-bond donors (Lipinski definition) is 2. The average Bonchev–Trinajstić information content (AvgIpc) is 3.76. The summed E-state index contributed by atoms with van der Waals surface area (Å²) in [6, 6.07) is 13.3. The van der Waals surface area contributed by atoms with Gasteiger partial charge in [-0.05, 0) is 75.0 Å². The maximum atomic E-state index is 13.4. The molecular weight excluding hydrogens is 516 g/mol. The predicted molar refractivity (Wildman–Crippen MR) is 158 cm³/mol. The van der Waals surface area contributed by atoms with Crippen LogP contribution in [-0.2, 0) is 13.0 Å². The highest BCUT2D eigenvalue weighted by Crippen LogP contribution is 2.60. The third kappa shape index (κ3) is 3.84. The number of aryl methyl sites for hydroxylation is 1. The Balaban J connectivity index is 1.14. The quantitative estimate of drug-likeness (QED) is 0.351. The van der Waals surface area contributed by atoms with E-state index in [0.29, 0.717) is 40.6 Å². The van der Waals surface area contributed by atoms with Gasteiger partial charge in [0.05, 0.1) is 13.6 Å². The van der Waals surface area contributed by atoms with Crippen LogP contribution in [0.4, 0.5) is 17.3 Å². The van der Waals surface area contributed by atoms with Gasteiger partial charge in [-0.2, -0.15) is 4.98 Å². The lowest BCUT2D eigenvalue weighted by atomic mass is 9.82. The molecule has 0 amide bonds. The lowest BCUT2D eigenvalue weighted by Crippen LogP contribution is -2.67. The first-order valence-electron chi connectivity index (χ1n) is 14.9. The van der Waals surface area contributed by atoms with Crippen LogP contribution in [0.5, 0.6) is 0 Å². The molecule has 3 atom stereocenters. The fourth-order valence-corrected chi connectivity index (χ4v) is 6.88. The van der Waals surface area contributed by atoms with Gasteiger partial charge in [0, 0.05) is 48.2 Å². The second-order valence-corrected chi connectivity index (χ2v) is 12.0. The van der Waals surface area contributed by atoms with Crippen molar-refractivity contribution >= 4 is 28.4 Å². The highest BCUT2D eigenvalue weighted by molar-refractivity contribution is 5.77. The monoisotopic (exact) mass is 551 g/mol. The number of pyridine rings is 1. The van der Waals surface area contributed by atoms with Gasteiger partial charge in [0.25, 0.3) is 5.56 Å². The Morgan fingerprint density at radius 1 is 1.15 bits per heavy atom. The molecule has 10 nitrogen and oxygen atoms in total. The molecule has 2 bridgehead atoms. The van der Waals surface area contributed by atoms with E-state index in [1.54, 1.807) is 10.8 Å². The Labute approximate surface area is 239 Å². The van der Waals surface area contributed by atoms with E-state index in [1.807, 2.05) is 24.3 Å². The minimum Gasteiger partial charge on any atom is -0.386 e. The minimum absolute atomic E-state index is 0.237. The molecule has 41 heavy (non-hydrogen) atoms. The van der Waals surface area contributed by atoms with Gasteiger partial charge in [0.15, 0.2) is 11.5 Å². The maximum absolute atomic E-state index is 13.4. The summed E-state index contributed by atoms with van der Waals surface area (Å²) in [5, 5.41) is 14.9. The molecule has 2 unspecified atom stereocenters. The summed E-state index contributed by atoms with van der Waals surface area (Å²) < 4.78 is 12.0. The molecule has 6 heterocycles. The van der Waals surface area contributed by atoms with Crippen molar-refractivity contribution in [3.05, 3.63) is 76.9 Å². The van der Waals surface area contributed by atoms with Crippen molar-refractivity contribution in [1.29, 1.82) is 0 Å². The lowest BCUT2D eigenvalue weighted by Gasteiger charge is -2.55. The van der Waals surface area contributed by atoms with Crippen LogP contribution in [0, 0.1) is 5.41 Å². The first kappa shape index (κ1) is 23.7. The lowest BCUT2D eigenvalue weighted by molar-refractivity contribution is 0.0264. The average molecular weight is 552 g/mol. The largest absolute Gasteiger partial charge is 0.386 e. The van der Waals surface area contributed by atoms with E-state index in [0.717, 1.165) is 50.0 Å². The van der Waals surface area contributed by atoms with E-state index in [1.165, 1.54) is 23.0 Å². The van der Waals surface area contributed by atoms with Crippen LogP contribution in [-0.4, -0.2) is 66.5 Å². The summed E-state index contributed by atoms with van der Waals surface area (Å²) in [7, 11) is 2.21. The number of hydrogen-bond acceptors (Lipinski definition) is 8. The van der Waals surface area contributed by atoms with Gasteiger partial charge in [-0.15, -0.1) is 6.58 Å². The van der Waals surface area contributed by atoms with Gasteiger partial charge in [0.1, 0.15) is 11.5 Å². The van der Waals surface area contributed by atoms with Gasteiger partial charge in [-0.1, -0.05) is 12.1 Å². The molecule has 3 aliphatic heterocycles. The van der Waals surface area contributed by atoms with Crippen LogP contribution >= 0.6 is 0 Å². The molecule has 4 aromatic rings. The SMILES string of the molecule is [2H][C@]1(O)c2nc(-n3c4nc(Nc5ccc(N6CC7CC(C6)N7C)cc5)ncc4c(=O)n3CC=C)ccc2CCC12CC2. The first-order chi connectivity index (χ1) is 20.3. The van der Waals surface area contributed by atoms with Crippen molar-refractivity contribution < 1.29 is 6.48 Å². The van der Waals surface area contributed by atoms with Crippen molar-refractivity contribution in [3.63, 3.8) is 0 Å². The third-order valence-corrected chi connectivity index (χ3v) is 9.66. The second kappa shape index (κ2) is 8.99. The molecule has 0 radical (unpaired) electrons. The number of benzene rings is 1. The zero-order valence-electron chi connectivity index (χ0n) is 24.1. The molecule has 4 fully saturated rings. The summed E-state index contributed by atoms with van der Waals surface area (Å²) in [5.74, 6) is 0.776. The summed E-state index contributed by atoms with van der Waals surface area (Å²) in [6.45, 7) is 6.17. The Kier molecular flexibility index (Phi) is 5.19. The normalized spacial score (nSPS) is 26.4. The van der Waals surface area contributed by atoms with Crippen LogP contribution in [0.3, 0.4) is 0 Å². The van der Waals surface area contributed by atoms with Crippen molar-refractivity contribution in [2.45, 2.75) is 56.8 Å². The predicted octanol–water partition coefficient (Wildman–Crippen LogP) is 3.56. The molecule has 210 valence electrons. The van der Waals surface area contributed by atoms with E-state index in [-0.39, 0.29) is 12.1 Å². The first-order valence-corrected chi connectivity index (χ1v) is 14.4. The minimum atomic E-state index is -1.76. The van der Waals surface area contributed by atoms with Crippen LogP contribution in [0.2, 0.25) is 0 Å². The van der Waals surface area contributed by atoms with Crippen LogP contribution < -0.4 is 15.8 Å². The molecule has 1 saturated carbocycles. The highest BCUT2D eigenvalue weighted by Gasteiger charge is 2.52. The number of rotatable bonds is 6. The van der Waals surface area contributed by atoms with Gasteiger partial charge in [0.2, 0.25) is 5.95 Å². The summed E-state index contributed by atoms with van der Waals surface area (Å²) in [5.41, 5.74) is 3.00. The standard InChI is InChI=1S/C31H34N8O2/c1-3-14-38-29(41)24-16-32-30(33-20-5-7-21(8-6-20)37-17-22-15-23(18-37)36(22)2)35-28(24)39(38)25-9-4-19-10-11-31(12-13-31)27(40)26(19)34-25/h3-9,16,22-23,27,40H,1,10-15,17-18H2,2H3,(H,32,33,35)/t22?,23?,27-/m0/s1/i27D. The number of nitrogens with one attached hydrogen (secondary N) is 1. The Morgan fingerprint density at radius 2 is 1.93 bits per heavy atom. The molecule has 10 heteroatoms. The molecule has 1 spiro atoms. The zero-order valence-corrected chi connectivity index (χ0v) is 23.1. The van der Waals surface area contributed by atoms with Gasteiger partial charge < -0.3 is 15.3 Å². The van der Waals surface area contributed by atoms with Crippen LogP contribution in [0.25, 0.3) is 16.9 Å². The van der Waals surface area contributed by atoms with Gasteiger partial charge in [-0.25, -0.2) is 19.3 Å². The Hall–Kier alpha value is -4.02. The molecule has 3 saturated heterocycles. The molecule has 2 N–H and O–H groups in total. The number of allylic oxidation sites excluding steroid dienone is 1. The maximum Gasteiger partial charge on any atom is 0.278 e. The fourth-order valence-electron chi connectivity index (χ4n) is 6.88. The summed E-state index contributed by atoms with van der Waals surface area (Å²) >= 11 is 0. The van der Waals surface area contributed by atoms with Crippen molar-refractivity contribution in [2.75, 3.05) is 30.4 Å². The summed E-state index contributed by atoms with van der Waals surface area (Å²) in [6.07, 6.45) is 5.92. The topological polar surface area (TPSA) is 104 Å². The van der Waals surface area contributed by atoms with Crippen molar-refractivity contribution in [1.82, 2.24) is 29.2 Å². The molecule has 5 aliphatic rings. The number of aromatic nitrogens is 5. The molecular formula is C31H34N8O2. The Morgan fingerprint density at radius 3 is 2.63 bits per heavy atom. The number of aliphatic hydroxyl groups is 1. The molecule has 2 aliphatic carbocycles. The number of piperazine rings is 1. The van der Waals surface area contributed by atoms with E-state index in [4.69, 9.17) is 11.3 Å². The number of nitrogens with zero attached hydrogens (tertiary/aromatic N) is 7. The smallest absolute Gasteiger partial charge is 0.278 e. The molecule has 9 rings (SSSR count). The van der Waals surface area contributed by atoms with E-state index in [9.17, 15) is 9.90 Å². The van der Waals surface area contributed by atoms with Gasteiger partial charge in [-0.3, -0.25) is 9.69 Å². The number of likely N-dealkylation sites (N-methyl/N-ethyl adjacent to an activating group) is 1. The zero-order chi connectivity index (χ0) is 28.8.